The molecule has 1 aliphatic heterocycles. The third-order valence-electron chi connectivity index (χ3n) is 11.5. The number of benzene rings is 2. The molecule has 2 saturated carbocycles. The summed E-state index contributed by atoms with van der Waals surface area (Å²) < 4.78 is 14.1. The first kappa shape index (κ1) is 31.1. The molecule has 3 aliphatic carbocycles. The number of aromatic nitrogens is 2. The Morgan fingerprint density at radius 2 is 1.76 bits per heavy atom. The second kappa shape index (κ2) is 13.7. The van der Waals surface area contributed by atoms with Crippen LogP contribution in [0.4, 0.5) is 16.2 Å². The van der Waals surface area contributed by atoms with Crippen molar-refractivity contribution in [2.45, 2.75) is 102 Å². The highest BCUT2D eigenvalue weighted by Gasteiger charge is 2.39. The maximum Gasteiger partial charge on any atom is 0.306 e. The summed E-state index contributed by atoms with van der Waals surface area (Å²) in [4.78, 5) is 24.6. The molecule has 5 atom stereocenters. The summed E-state index contributed by atoms with van der Waals surface area (Å²) in [5.41, 5.74) is 4.72. The molecule has 1 aromatic heterocycles. The van der Waals surface area contributed by atoms with Gasteiger partial charge in [0.05, 0.1) is 17.7 Å². The van der Waals surface area contributed by atoms with E-state index in [0.717, 1.165) is 87.4 Å². The largest absolute Gasteiger partial charge is 0.481 e. The molecule has 46 heavy (non-hydrogen) atoms. The van der Waals surface area contributed by atoms with Gasteiger partial charge in [-0.15, -0.1) is 0 Å². The first-order chi connectivity index (χ1) is 22.4. The van der Waals surface area contributed by atoms with Crippen molar-refractivity contribution in [3.8, 4) is 0 Å². The summed E-state index contributed by atoms with van der Waals surface area (Å²) in [7, 11) is 0. The first-order valence-electron chi connectivity index (χ1n) is 17.6. The van der Waals surface area contributed by atoms with Crippen LogP contribution in [0, 0.1) is 23.6 Å². The van der Waals surface area contributed by atoms with Crippen LogP contribution in [0.1, 0.15) is 99.1 Å². The molecule has 7 nitrogen and oxygen atoms in total. The summed E-state index contributed by atoms with van der Waals surface area (Å²) in [6, 6.07) is 18.5. The zero-order valence-corrected chi connectivity index (χ0v) is 27.0. The van der Waals surface area contributed by atoms with Crippen LogP contribution >= 0.6 is 0 Å². The number of likely N-dealkylation sites (tertiary alicyclic amines) is 1. The lowest BCUT2D eigenvalue weighted by Crippen LogP contribution is -2.38. The average Bonchev–Trinajstić information content (AvgIpc) is 3.71. The number of anilines is 2. The van der Waals surface area contributed by atoms with Crippen LogP contribution in [0.3, 0.4) is 0 Å². The lowest BCUT2D eigenvalue weighted by atomic mass is 9.78. The van der Waals surface area contributed by atoms with Crippen molar-refractivity contribution in [3.63, 3.8) is 0 Å². The highest BCUT2D eigenvalue weighted by Crippen LogP contribution is 2.41. The van der Waals surface area contributed by atoms with Crippen LogP contribution < -0.4 is 10.6 Å². The number of carboxylic acids is 1. The Bertz CT molecular complexity index is 1490. The van der Waals surface area contributed by atoms with Crippen molar-refractivity contribution in [1.82, 2.24) is 14.9 Å². The van der Waals surface area contributed by atoms with Crippen molar-refractivity contribution >= 4 is 17.7 Å². The zero-order chi connectivity index (χ0) is 31.6. The topological polar surface area (TPSA) is 90.4 Å². The van der Waals surface area contributed by atoms with Crippen LogP contribution in [0.25, 0.3) is 0 Å². The first-order valence-corrected chi connectivity index (χ1v) is 17.6. The van der Waals surface area contributed by atoms with Gasteiger partial charge in [-0.25, -0.2) is 9.37 Å². The standard InChI is InChI=1S/C38H48FN5O2/c1-2-33(26-9-11-28(12-10-26)37(45)46)41-38-42-34-19-15-29(25-6-4-3-5-7-25)21-32(34)36(43-38)40-35(27-13-16-30(39)17-14-27)23-44-22-24-8-18-31(44)20-24/h3-7,13-14,16-17,24,26,28-29,31,33,35H,2,8-12,15,18-23H2,1H3,(H,45,46)(H2,40,41,42,43)/t24-,26?,28?,29-,31-,33-,35+/m1/s1. The molecule has 3 aromatic rings. The fourth-order valence-electron chi connectivity index (χ4n) is 8.87. The molecule has 0 radical (unpaired) electrons. The van der Waals surface area contributed by atoms with Gasteiger partial charge in [0.1, 0.15) is 11.6 Å². The number of hydrogen-bond acceptors (Lipinski definition) is 6. The minimum absolute atomic E-state index is 0.0304. The second-order valence-electron chi connectivity index (χ2n) is 14.3. The molecule has 8 heteroatoms. The third kappa shape index (κ3) is 6.78. The maximum atomic E-state index is 14.1. The lowest BCUT2D eigenvalue weighted by Gasteiger charge is -2.34. The summed E-state index contributed by atoms with van der Waals surface area (Å²) in [6.07, 6.45) is 10.9. The number of hydrogen-bond donors (Lipinski definition) is 3. The molecule has 1 saturated heterocycles. The van der Waals surface area contributed by atoms with Gasteiger partial charge in [-0.1, -0.05) is 49.4 Å². The molecule has 0 spiro atoms. The number of carbonyl (C=O) groups is 1. The minimum atomic E-state index is -0.667. The van der Waals surface area contributed by atoms with E-state index in [4.69, 9.17) is 9.97 Å². The maximum absolute atomic E-state index is 14.1. The highest BCUT2D eigenvalue weighted by molar-refractivity contribution is 5.70. The van der Waals surface area contributed by atoms with E-state index in [9.17, 15) is 14.3 Å². The van der Waals surface area contributed by atoms with E-state index in [1.165, 1.54) is 30.4 Å². The molecule has 7 rings (SSSR count). The molecule has 3 N–H and O–H groups in total. The van der Waals surface area contributed by atoms with Crippen LogP contribution in [-0.4, -0.2) is 51.1 Å². The molecule has 244 valence electrons. The summed E-state index contributed by atoms with van der Waals surface area (Å²) in [5.74, 6) is 2.03. The number of halogens is 1. The number of aryl methyl sites for hydroxylation is 1. The van der Waals surface area contributed by atoms with E-state index in [0.29, 0.717) is 23.8 Å². The van der Waals surface area contributed by atoms with Gasteiger partial charge in [0.15, 0.2) is 0 Å². The summed E-state index contributed by atoms with van der Waals surface area (Å²) >= 11 is 0. The third-order valence-corrected chi connectivity index (χ3v) is 11.5. The average molecular weight is 626 g/mol. The Hall–Kier alpha value is -3.52. The van der Waals surface area contributed by atoms with Gasteiger partial charge in [-0.3, -0.25) is 9.69 Å². The van der Waals surface area contributed by atoms with E-state index in [1.54, 1.807) is 12.1 Å². The molecule has 2 bridgehead atoms. The SMILES string of the molecule is CC[C@@H](Nc1nc2c(c(N[C@@H](CN3C[C@@H]4CC[C@@H]3C4)c3ccc(F)cc3)n1)C[C@H](c1ccccc1)CC2)C1CCC(C(=O)O)CC1. The van der Waals surface area contributed by atoms with Gasteiger partial charge in [-0.2, -0.15) is 4.98 Å². The molecule has 0 amide bonds. The number of nitrogens with zero attached hydrogens (tertiary/aromatic N) is 3. The monoisotopic (exact) mass is 625 g/mol. The summed E-state index contributed by atoms with van der Waals surface area (Å²) in [5, 5.41) is 17.1. The van der Waals surface area contributed by atoms with Crippen LogP contribution in [0.15, 0.2) is 54.6 Å². The van der Waals surface area contributed by atoms with Crippen molar-refractivity contribution in [3.05, 3.63) is 82.8 Å². The number of fused-ring (bicyclic) bond motifs is 3. The van der Waals surface area contributed by atoms with Gasteiger partial charge >= 0.3 is 5.97 Å². The molecule has 2 aromatic carbocycles. The molecular formula is C38H48FN5O2. The van der Waals surface area contributed by atoms with Crippen molar-refractivity contribution < 1.29 is 14.3 Å². The van der Waals surface area contributed by atoms with Gasteiger partial charge in [0, 0.05) is 30.7 Å². The van der Waals surface area contributed by atoms with Crippen LogP contribution in [0.2, 0.25) is 0 Å². The van der Waals surface area contributed by atoms with Crippen LogP contribution in [0.5, 0.6) is 0 Å². The number of piperidine rings is 1. The van der Waals surface area contributed by atoms with Crippen molar-refractivity contribution in [2.75, 3.05) is 23.7 Å². The van der Waals surface area contributed by atoms with Gasteiger partial charge in [0.25, 0.3) is 0 Å². The predicted molar refractivity (Wildman–Crippen MR) is 179 cm³/mol. The Kier molecular flexibility index (Phi) is 9.25. The van der Waals surface area contributed by atoms with E-state index >= 15 is 0 Å². The van der Waals surface area contributed by atoms with Crippen LogP contribution in [-0.2, 0) is 17.6 Å². The predicted octanol–water partition coefficient (Wildman–Crippen LogP) is 7.61. The van der Waals surface area contributed by atoms with Gasteiger partial charge in [0.2, 0.25) is 5.95 Å². The molecule has 0 unspecified atom stereocenters. The zero-order valence-electron chi connectivity index (χ0n) is 27.0. The fraction of sp³-hybridized carbons (Fsp3) is 0.553. The fourth-order valence-corrected chi connectivity index (χ4v) is 8.87. The quantitative estimate of drug-likeness (QED) is 0.202. The minimum Gasteiger partial charge on any atom is -0.481 e. The van der Waals surface area contributed by atoms with E-state index in [2.05, 4.69) is 52.8 Å². The molecule has 2 heterocycles. The van der Waals surface area contributed by atoms with Crippen molar-refractivity contribution in [1.29, 1.82) is 0 Å². The van der Waals surface area contributed by atoms with Gasteiger partial charge in [-0.05, 0) is 112 Å². The van der Waals surface area contributed by atoms with Crippen molar-refractivity contribution in [2.24, 2.45) is 17.8 Å². The number of carboxylic acid groups (broad SMARTS) is 1. The Balaban J connectivity index is 1.19. The Morgan fingerprint density at radius 1 is 0.978 bits per heavy atom. The normalized spacial score (nSPS) is 27.1. The summed E-state index contributed by atoms with van der Waals surface area (Å²) in [6.45, 7) is 4.19. The molecular weight excluding hydrogens is 577 g/mol. The molecule has 3 fully saturated rings. The Morgan fingerprint density at radius 3 is 2.43 bits per heavy atom. The molecule has 4 aliphatic rings. The highest BCUT2D eigenvalue weighted by atomic mass is 19.1. The number of aliphatic carboxylic acids is 1. The van der Waals surface area contributed by atoms with E-state index < -0.39 is 5.97 Å². The number of rotatable bonds is 11. The van der Waals surface area contributed by atoms with E-state index in [1.807, 2.05) is 12.1 Å². The second-order valence-corrected chi connectivity index (χ2v) is 14.3. The lowest BCUT2D eigenvalue weighted by molar-refractivity contribution is -0.143. The van der Waals surface area contributed by atoms with E-state index in [-0.39, 0.29) is 23.8 Å². The Labute approximate surface area is 272 Å². The smallest absolute Gasteiger partial charge is 0.306 e. The number of nitrogens with one attached hydrogen (secondary N) is 2. The van der Waals surface area contributed by atoms with Gasteiger partial charge < -0.3 is 15.7 Å².